The lowest BCUT2D eigenvalue weighted by atomic mass is 10.0. The zero-order chi connectivity index (χ0) is 19.0. The van der Waals surface area contributed by atoms with E-state index in [9.17, 15) is 14.9 Å². The Morgan fingerprint density at radius 1 is 1.11 bits per heavy atom. The van der Waals surface area contributed by atoms with E-state index in [1.54, 1.807) is 4.90 Å². The number of nitro benzene ring substituents is 1. The zero-order valence-electron chi connectivity index (χ0n) is 14.8. The van der Waals surface area contributed by atoms with Gasteiger partial charge in [0.25, 0.3) is 11.6 Å². The molecule has 1 heterocycles. The highest BCUT2D eigenvalue weighted by atomic mass is 35.5. The van der Waals surface area contributed by atoms with Gasteiger partial charge in [-0.3, -0.25) is 19.8 Å². The molecule has 1 aliphatic carbocycles. The molecule has 1 aliphatic heterocycles. The van der Waals surface area contributed by atoms with Crippen LogP contribution in [-0.2, 0) is 0 Å². The number of hydrogen-bond donors (Lipinski definition) is 0. The summed E-state index contributed by atoms with van der Waals surface area (Å²) < 4.78 is 0. The number of benzene rings is 2. The highest BCUT2D eigenvalue weighted by Gasteiger charge is 2.38. The van der Waals surface area contributed by atoms with Crippen molar-refractivity contribution in [3.8, 4) is 0 Å². The number of non-ortho nitro benzene ring substituents is 1. The number of rotatable bonds is 4. The maximum Gasteiger partial charge on any atom is 0.270 e. The topological polar surface area (TPSA) is 66.7 Å². The lowest BCUT2D eigenvalue weighted by Gasteiger charge is -2.42. The molecular formula is C20H20ClN3O3. The van der Waals surface area contributed by atoms with E-state index in [4.69, 9.17) is 11.6 Å². The minimum atomic E-state index is -0.507. The lowest BCUT2D eigenvalue weighted by molar-refractivity contribution is -0.384. The van der Waals surface area contributed by atoms with Crippen LogP contribution in [0.4, 0.5) is 5.69 Å². The predicted molar refractivity (Wildman–Crippen MR) is 103 cm³/mol. The van der Waals surface area contributed by atoms with Gasteiger partial charge in [0, 0.05) is 37.8 Å². The highest BCUT2D eigenvalue weighted by Crippen LogP contribution is 2.35. The van der Waals surface area contributed by atoms with Gasteiger partial charge in [-0.25, -0.2) is 0 Å². The van der Waals surface area contributed by atoms with Crippen LogP contribution in [0.5, 0.6) is 0 Å². The van der Waals surface area contributed by atoms with Crippen LogP contribution in [0.15, 0.2) is 48.5 Å². The molecule has 0 aromatic heterocycles. The van der Waals surface area contributed by atoms with Crippen LogP contribution in [-0.4, -0.2) is 46.3 Å². The Labute approximate surface area is 162 Å². The maximum absolute atomic E-state index is 13.3. The molecule has 1 unspecified atom stereocenters. The minimum absolute atomic E-state index is 0.0941. The second-order valence-corrected chi connectivity index (χ2v) is 7.48. The van der Waals surface area contributed by atoms with Gasteiger partial charge in [0.2, 0.25) is 0 Å². The molecular weight excluding hydrogens is 366 g/mol. The summed E-state index contributed by atoms with van der Waals surface area (Å²) >= 11 is 6.22. The van der Waals surface area contributed by atoms with Gasteiger partial charge in [-0.05, 0) is 24.5 Å². The van der Waals surface area contributed by atoms with E-state index in [2.05, 4.69) is 4.90 Å². The first-order valence-electron chi connectivity index (χ1n) is 9.08. The van der Waals surface area contributed by atoms with Crippen LogP contribution in [0, 0.1) is 10.1 Å². The standard InChI is InChI=1S/C20H20ClN3O3/c21-18-9-8-16(24(26)27)12-17(18)20(25)23-11-10-22(15-6-7-15)13-19(23)14-4-2-1-3-5-14/h1-5,8-9,12,15,19H,6-7,10-11,13H2. The van der Waals surface area contributed by atoms with Crippen LogP contribution < -0.4 is 0 Å². The van der Waals surface area contributed by atoms with Gasteiger partial charge in [-0.15, -0.1) is 0 Å². The van der Waals surface area contributed by atoms with E-state index in [0.717, 1.165) is 18.7 Å². The summed E-state index contributed by atoms with van der Waals surface area (Å²) in [6.45, 7) is 2.16. The van der Waals surface area contributed by atoms with Gasteiger partial charge in [0.05, 0.1) is 21.6 Å². The molecule has 0 radical (unpaired) electrons. The Hall–Kier alpha value is -2.44. The number of halogens is 1. The van der Waals surface area contributed by atoms with E-state index < -0.39 is 4.92 Å². The van der Waals surface area contributed by atoms with Crippen LogP contribution >= 0.6 is 11.6 Å². The normalized spacial score (nSPS) is 20.5. The SMILES string of the molecule is O=C(c1cc([N+](=O)[O-])ccc1Cl)N1CCN(C2CC2)CC1c1ccccc1. The van der Waals surface area contributed by atoms with E-state index >= 15 is 0 Å². The van der Waals surface area contributed by atoms with Crippen molar-refractivity contribution in [1.82, 2.24) is 9.80 Å². The fourth-order valence-corrected chi connectivity index (χ4v) is 3.92. The Morgan fingerprint density at radius 3 is 2.52 bits per heavy atom. The molecule has 1 atom stereocenters. The number of amides is 1. The molecule has 6 nitrogen and oxygen atoms in total. The second kappa shape index (κ2) is 7.29. The molecule has 2 aromatic rings. The largest absolute Gasteiger partial charge is 0.329 e. The molecule has 2 fully saturated rings. The van der Waals surface area contributed by atoms with Crippen LogP contribution in [0.3, 0.4) is 0 Å². The lowest BCUT2D eigenvalue weighted by Crippen LogP contribution is -2.51. The summed E-state index contributed by atoms with van der Waals surface area (Å²) in [5.74, 6) is -0.256. The quantitative estimate of drug-likeness (QED) is 0.591. The van der Waals surface area contributed by atoms with Gasteiger partial charge in [0.15, 0.2) is 0 Å². The summed E-state index contributed by atoms with van der Waals surface area (Å²) in [4.78, 5) is 28.1. The summed E-state index contributed by atoms with van der Waals surface area (Å²) in [5, 5.41) is 11.3. The molecule has 140 valence electrons. The van der Waals surface area contributed by atoms with Crippen molar-refractivity contribution < 1.29 is 9.72 Å². The molecule has 4 rings (SSSR count). The molecule has 0 N–H and O–H groups in total. The highest BCUT2D eigenvalue weighted by molar-refractivity contribution is 6.34. The average Bonchev–Trinajstić information content (AvgIpc) is 3.53. The molecule has 27 heavy (non-hydrogen) atoms. The minimum Gasteiger partial charge on any atom is -0.329 e. The van der Waals surface area contributed by atoms with Gasteiger partial charge in [-0.1, -0.05) is 41.9 Å². The third kappa shape index (κ3) is 3.68. The number of hydrogen-bond acceptors (Lipinski definition) is 4. The summed E-state index contributed by atoms with van der Waals surface area (Å²) in [6, 6.07) is 14.5. The molecule has 7 heteroatoms. The Morgan fingerprint density at radius 2 is 1.85 bits per heavy atom. The predicted octanol–water partition coefficient (Wildman–Crippen LogP) is 3.91. The first-order chi connectivity index (χ1) is 13.0. The maximum atomic E-state index is 13.3. The second-order valence-electron chi connectivity index (χ2n) is 7.07. The van der Waals surface area contributed by atoms with Crippen LogP contribution in [0.2, 0.25) is 5.02 Å². The fourth-order valence-electron chi connectivity index (χ4n) is 3.72. The van der Waals surface area contributed by atoms with Gasteiger partial charge in [-0.2, -0.15) is 0 Å². The summed E-state index contributed by atoms with van der Waals surface area (Å²) in [7, 11) is 0. The van der Waals surface area contributed by atoms with E-state index in [-0.39, 0.29) is 28.2 Å². The zero-order valence-corrected chi connectivity index (χ0v) is 15.5. The van der Waals surface area contributed by atoms with Crippen molar-refractivity contribution in [3.63, 3.8) is 0 Å². The summed E-state index contributed by atoms with van der Waals surface area (Å²) in [5.41, 5.74) is 1.13. The molecule has 1 amide bonds. The number of piperazine rings is 1. The number of carbonyl (C=O) groups is 1. The van der Waals surface area contributed by atoms with Gasteiger partial charge < -0.3 is 4.90 Å². The van der Waals surface area contributed by atoms with Crippen molar-refractivity contribution in [2.24, 2.45) is 0 Å². The first kappa shape index (κ1) is 17.9. The Kier molecular flexibility index (Phi) is 4.85. The van der Waals surface area contributed by atoms with Gasteiger partial charge >= 0.3 is 0 Å². The number of carbonyl (C=O) groups excluding carboxylic acids is 1. The van der Waals surface area contributed by atoms with Crippen molar-refractivity contribution in [1.29, 1.82) is 0 Å². The van der Waals surface area contributed by atoms with Crippen molar-refractivity contribution in [2.75, 3.05) is 19.6 Å². The molecule has 0 bridgehead atoms. The molecule has 0 spiro atoms. The van der Waals surface area contributed by atoms with Crippen LogP contribution in [0.25, 0.3) is 0 Å². The van der Waals surface area contributed by atoms with Crippen molar-refractivity contribution in [2.45, 2.75) is 24.9 Å². The van der Waals surface area contributed by atoms with Gasteiger partial charge in [0.1, 0.15) is 0 Å². The van der Waals surface area contributed by atoms with Crippen LogP contribution in [0.1, 0.15) is 34.8 Å². The third-order valence-corrected chi connectivity index (χ3v) is 5.64. The third-order valence-electron chi connectivity index (χ3n) is 5.31. The molecule has 2 aliphatic rings. The van der Waals surface area contributed by atoms with E-state index in [1.165, 1.54) is 31.0 Å². The van der Waals surface area contributed by atoms with E-state index in [0.29, 0.717) is 12.6 Å². The monoisotopic (exact) mass is 385 g/mol. The molecule has 1 saturated heterocycles. The number of nitrogens with zero attached hydrogens (tertiary/aromatic N) is 3. The molecule has 1 saturated carbocycles. The summed E-state index contributed by atoms with van der Waals surface area (Å²) in [6.07, 6.45) is 2.43. The first-order valence-corrected chi connectivity index (χ1v) is 9.46. The smallest absolute Gasteiger partial charge is 0.270 e. The fraction of sp³-hybridized carbons (Fsp3) is 0.350. The van der Waals surface area contributed by atoms with E-state index in [1.807, 2.05) is 30.3 Å². The Balaban J connectivity index is 1.67. The Bertz CT molecular complexity index is 870. The van der Waals surface area contributed by atoms with Crippen molar-refractivity contribution >= 4 is 23.2 Å². The molecule has 2 aromatic carbocycles. The van der Waals surface area contributed by atoms with Crippen molar-refractivity contribution in [3.05, 3.63) is 74.8 Å². The average molecular weight is 386 g/mol. The number of nitro groups is 1.